The maximum atomic E-state index is 10.4. The standard InChI is InChI=1S/C5H11N3O/c1-5(3-9)6-4-7-8(5)2/h3,6-7H,4H2,1-2H3. The Bertz CT molecular complexity index is 127. The molecule has 0 aliphatic carbocycles. The summed E-state index contributed by atoms with van der Waals surface area (Å²) in [7, 11) is 1.83. The third-order valence-electron chi connectivity index (χ3n) is 1.69. The van der Waals surface area contributed by atoms with Crippen LogP contribution in [0, 0.1) is 0 Å². The maximum absolute atomic E-state index is 10.4. The number of rotatable bonds is 1. The Hall–Kier alpha value is -0.450. The van der Waals surface area contributed by atoms with Gasteiger partial charge in [0.25, 0.3) is 0 Å². The van der Waals surface area contributed by atoms with Gasteiger partial charge in [0, 0.05) is 7.05 Å². The summed E-state index contributed by atoms with van der Waals surface area (Å²) in [5.74, 6) is 0. The van der Waals surface area contributed by atoms with E-state index in [0.29, 0.717) is 6.67 Å². The lowest BCUT2D eigenvalue weighted by Gasteiger charge is -2.23. The van der Waals surface area contributed by atoms with Crippen LogP contribution < -0.4 is 10.7 Å². The van der Waals surface area contributed by atoms with Crippen LogP contribution in [0.1, 0.15) is 6.92 Å². The van der Waals surface area contributed by atoms with Crippen LogP contribution in [0.25, 0.3) is 0 Å². The van der Waals surface area contributed by atoms with Crippen LogP contribution in [0.15, 0.2) is 0 Å². The number of carbonyl (C=O) groups excluding carboxylic acids is 1. The van der Waals surface area contributed by atoms with Crippen molar-refractivity contribution in [2.75, 3.05) is 13.7 Å². The van der Waals surface area contributed by atoms with Crippen molar-refractivity contribution in [2.24, 2.45) is 0 Å². The minimum absolute atomic E-state index is 0.514. The van der Waals surface area contributed by atoms with Crippen LogP contribution in [0.3, 0.4) is 0 Å². The Morgan fingerprint density at radius 2 is 2.44 bits per heavy atom. The molecular formula is C5H11N3O. The molecular weight excluding hydrogens is 118 g/mol. The first-order valence-corrected chi connectivity index (χ1v) is 2.88. The van der Waals surface area contributed by atoms with Crippen molar-refractivity contribution < 1.29 is 4.79 Å². The number of hydrogen-bond donors (Lipinski definition) is 2. The second-order valence-electron chi connectivity index (χ2n) is 2.34. The van der Waals surface area contributed by atoms with Crippen molar-refractivity contribution in [1.82, 2.24) is 15.8 Å². The lowest BCUT2D eigenvalue weighted by Crippen LogP contribution is -2.50. The Labute approximate surface area is 54.2 Å². The van der Waals surface area contributed by atoms with Gasteiger partial charge in [-0.1, -0.05) is 0 Å². The van der Waals surface area contributed by atoms with E-state index in [9.17, 15) is 4.79 Å². The zero-order chi connectivity index (χ0) is 6.91. The van der Waals surface area contributed by atoms with Gasteiger partial charge < -0.3 is 0 Å². The van der Waals surface area contributed by atoms with Gasteiger partial charge in [-0.2, -0.15) is 0 Å². The van der Waals surface area contributed by atoms with E-state index in [0.717, 1.165) is 6.29 Å². The minimum atomic E-state index is -0.514. The summed E-state index contributed by atoms with van der Waals surface area (Å²) in [6.45, 7) is 2.48. The Morgan fingerprint density at radius 1 is 1.78 bits per heavy atom. The molecule has 0 aromatic rings. The molecule has 0 bridgehead atoms. The molecule has 4 heteroatoms. The smallest absolute Gasteiger partial charge is 0.155 e. The van der Waals surface area contributed by atoms with E-state index >= 15 is 0 Å². The molecule has 0 saturated carbocycles. The highest BCUT2D eigenvalue weighted by atomic mass is 16.1. The second kappa shape index (κ2) is 2.06. The zero-order valence-corrected chi connectivity index (χ0v) is 5.64. The molecule has 1 heterocycles. The van der Waals surface area contributed by atoms with Crippen LogP contribution in [-0.2, 0) is 4.79 Å². The highest BCUT2D eigenvalue weighted by molar-refractivity contribution is 5.62. The summed E-state index contributed by atoms with van der Waals surface area (Å²) in [4.78, 5) is 10.4. The van der Waals surface area contributed by atoms with Crippen LogP contribution in [0.5, 0.6) is 0 Å². The van der Waals surface area contributed by atoms with E-state index < -0.39 is 5.66 Å². The van der Waals surface area contributed by atoms with Gasteiger partial charge in [-0.15, -0.1) is 0 Å². The van der Waals surface area contributed by atoms with Crippen molar-refractivity contribution in [1.29, 1.82) is 0 Å². The molecule has 1 unspecified atom stereocenters. The van der Waals surface area contributed by atoms with Crippen LogP contribution >= 0.6 is 0 Å². The number of hydrogen-bond acceptors (Lipinski definition) is 4. The van der Waals surface area contributed by atoms with E-state index in [4.69, 9.17) is 0 Å². The Balaban J connectivity index is 2.66. The average molecular weight is 129 g/mol. The van der Waals surface area contributed by atoms with Gasteiger partial charge in [0.2, 0.25) is 0 Å². The van der Waals surface area contributed by atoms with Gasteiger partial charge in [0.15, 0.2) is 6.29 Å². The lowest BCUT2D eigenvalue weighted by molar-refractivity contribution is -0.117. The second-order valence-corrected chi connectivity index (χ2v) is 2.34. The summed E-state index contributed by atoms with van der Waals surface area (Å²) >= 11 is 0. The van der Waals surface area contributed by atoms with E-state index in [1.54, 1.807) is 5.01 Å². The van der Waals surface area contributed by atoms with Crippen molar-refractivity contribution in [3.05, 3.63) is 0 Å². The molecule has 1 aliphatic rings. The molecule has 9 heavy (non-hydrogen) atoms. The molecule has 52 valence electrons. The third-order valence-corrected chi connectivity index (χ3v) is 1.69. The molecule has 4 nitrogen and oxygen atoms in total. The highest BCUT2D eigenvalue weighted by Crippen LogP contribution is 2.05. The van der Waals surface area contributed by atoms with E-state index in [2.05, 4.69) is 10.7 Å². The van der Waals surface area contributed by atoms with Gasteiger partial charge in [-0.3, -0.25) is 10.1 Å². The topological polar surface area (TPSA) is 44.4 Å². The molecule has 0 aromatic carbocycles. The van der Waals surface area contributed by atoms with Gasteiger partial charge in [-0.25, -0.2) is 10.4 Å². The largest absolute Gasteiger partial charge is 0.300 e. The van der Waals surface area contributed by atoms with Crippen molar-refractivity contribution >= 4 is 6.29 Å². The fourth-order valence-electron chi connectivity index (χ4n) is 0.741. The summed E-state index contributed by atoms with van der Waals surface area (Å²) in [6.07, 6.45) is 0.882. The number of hydrazine groups is 1. The number of likely N-dealkylation sites (N-methyl/N-ethyl adjacent to an activating group) is 1. The van der Waals surface area contributed by atoms with E-state index in [-0.39, 0.29) is 0 Å². The van der Waals surface area contributed by atoms with E-state index in [1.165, 1.54) is 0 Å². The fourth-order valence-corrected chi connectivity index (χ4v) is 0.741. The van der Waals surface area contributed by atoms with Crippen molar-refractivity contribution in [3.63, 3.8) is 0 Å². The summed E-state index contributed by atoms with van der Waals surface area (Å²) in [5, 5.41) is 4.73. The van der Waals surface area contributed by atoms with Crippen molar-refractivity contribution in [3.8, 4) is 0 Å². The van der Waals surface area contributed by atoms with Crippen LogP contribution in [0.4, 0.5) is 0 Å². The number of nitrogens with one attached hydrogen (secondary N) is 2. The molecule has 2 N–H and O–H groups in total. The molecule has 0 radical (unpaired) electrons. The quantitative estimate of drug-likeness (QED) is 0.441. The Morgan fingerprint density at radius 3 is 2.67 bits per heavy atom. The van der Waals surface area contributed by atoms with Gasteiger partial charge >= 0.3 is 0 Å². The zero-order valence-electron chi connectivity index (χ0n) is 5.64. The maximum Gasteiger partial charge on any atom is 0.155 e. The molecule has 1 saturated heterocycles. The molecule has 0 spiro atoms. The molecule has 0 amide bonds. The monoisotopic (exact) mass is 129 g/mol. The van der Waals surface area contributed by atoms with Gasteiger partial charge in [0.1, 0.15) is 5.66 Å². The molecule has 1 rings (SSSR count). The third kappa shape index (κ3) is 0.962. The first-order valence-electron chi connectivity index (χ1n) is 2.88. The minimum Gasteiger partial charge on any atom is -0.300 e. The Kier molecular flexibility index (Phi) is 1.52. The SMILES string of the molecule is CN1NCNC1(C)C=O. The fraction of sp³-hybridized carbons (Fsp3) is 0.800. The highest BCUT2D eigenvalue weighted by Gasteiger charge is 2.32. The lowest BCUT2D eigenvalue weighted by atomic mass is 10.2. The van der Waals surface area contributed by atoms with Gasteiger partial charge in [-0.05, 0) is 6.92 Å². The summed E-state index contributed by atoms with van der Waals surface area (Å²) in [5.41, 5.74) is 2.44. The van der Waals surface area contributed by atoms with E-state index in [1.807, 2.05) is 14.0 Å². The van der Waals surface area contributed by atoms with Crippen LogP contribution in [-0.4, -0.2) is 30.7 Å². The number of nitrogens with zero attached hydrogens (tertiary/aromatic N) is 1. The number of aldehydes is 1. The normalized spacial score (nSPS) is 37.1. The average Bonchev–Trinajstić information content (AvgIpc) is 2.15. The number of carbonyl (C=O) groups is 1. The predicted molar refractivity (Wildman–Crippen MR) is 33.4 cm³/mol. The first-order chi connectivity index (χ1) is 4.19. The van der Waals surface area contributed by atoms with Gasteiger partial charge in [0.05, 0.1) is 6.67 Å². The van der Waals surface area contributed by atoms with Crippen LogP contribution in [0.2, 0.25) is 0 Å². The predicted octanol–water partition coefficient (Wildman–Crippen LogP) is -1.10. The summed E-state index contributed by atoms with van der Waals surface area (Å²) < 4.78 is 0. The molecule has 0 aromatic heterocycles. The van der Waals surface area contributed by atoms with Crippen molar-refractivity contribution in [2.45, 2.75) is 12.6 Å². The molecule has 1 fully saturated rings. The first kappa shape index (κ1) is 6.67. The molecule has 1 atom stereocenters. The molecule has 1 aliphatic heterocycles. The summed E-state index contributed by atoms with van der Waals surface area (Å²) in [6, 6.07) is 0.